The summed E-state index contributed by atoms with van der Waals surface area (Å²) in [4.78, 5) is 16.6. The topological polar surface area (TPSA) is 115 Å². The zero-order chi connectivity index (χ0) is 18.0. The van der Waals surface area contributed by atoms with Gasteiger partial charge in [0.15, 0.2) is 5.58 Å². The number of rotatable bonds is 5. The van der Waals surface area contributed by atoms with Gasteiger partial charge in [0, 0.05) is 5.69 Å². The number of carbonyl (C=O) groups is 1. The van der Waals surface area contributed by atoms with Gasteiger partial charge in [-0.25, -0.2) is 18.5 Å². The third-order valence-electron chi connectivity index (χ3n) is 3.37. The van der Waals surface area contributed by atoms with Gasteiger partial charge in [0.25, 0.3) is 5.22 Å². The maximum atomic E-state index is 12.3. The minimum Gasteiger partial charge on any atom is -0.431 e. The van der Waals surface area contributed by atoms with Gasteiger partial charge in [0.2, 0.25) is 15.9 Å². The molecule has 9 heteroatoms. The Labute approximate surface area is 148 Å². The average molecular weight is 377 g/mol. The van der Waals surface area contributed by atoms with Gasteiger partial charge in [0.05, 0.1) is 10.1 Å². The van der Waals surface area contributed by atoms with Crippen LogP contribution in [0.4, 0.5) is 5.69 Å². The van der Waals surface area contributed by atoms with Crippen molar-refractivity contribution in [2.45, 2.75) is 22.3 Å². The standard InChI is InChI=1S/C16H15N3O4S2/c1-10(24-16-19-13-4-2-3-5-14(13)23-16)15(20)18-11-6-8-12(9-7-11)25(17,21)22/h2-10H,1H3,(H,18,20)(H2,17,21,22). The van der Waals surface area contributed by atoms with Crippen molar-refractivity contribution in [3.05, 3.63) is 48.5 Å². The lowest BCUT2D eigenvalue weighted by atomic mass is 10.3. The van der Waals surface area contributed by atoms with Crippen LogP contribution in [-0.2, 0) is 14.8 Å². The minimum absolute atomic E-state index is 0.0144. The Morgan fingerprint density at radius 2 is 1.88 bits per heavy atom. The number of anilines is 1. The van der Waals surface area contributed by atoms with Gasteiger partial charge >= 0.3 is 0 Å². The van der Waals surface area contributed by atoms with Crippen LogP contribution in [-0.4, -0.2) is 24.6 Å². The summed E-state index contributed by atoms with van der Waals surface area (Å²) in [5.41, 5.74) is 1.87. The van der Waals surface area contributed by atoms with Crippen molar-refractivity contribution in [3.63, 3.8) is 0 Å². The first kappa shape index (κ1) is 17.5. The van der Waals surface area contributed by atoms with Gasteiger partial charge in [-0.15, -0.1) is 0 Å². The molecule has 1 unspecified atom stereocenters. The summed E-state index contributed by atoms with van der Waals surface area (Å²) < 4.78 is 28.0. The number of thioether (sulfide) groups is 1. The molecule has 25 heavy (non-hydrogen) atoms. The van der Waals surface area contributed by atoms with Crippen molar-refractivity contribution in [1.82, 2.24) is 4.98 Å². The normalized spacial score (nSPS) is 12.9. The first-order chi connectivity index (χ1) is 11.8. The number of primary sulfonamides is 1. The quantitative estimate of drug-likeness (QED) is 0.660. The van der Waals surface area contributed by atoms with E-state index in [4.69, 9.17) is 9.56 Å². The van der Waals surface area contributed by atoms with Crippen LogP contribution >= 0.6 is 11.8 Å². The molecular formula is C16H15N3O4S2. The number of hydrogen-bond donors (Lipinski definition) is 2. The number of aromatic nitrogens is 1. The molecule has 7 nitrogen and oxygen atoms in total. The van der Waals surface area contributed by atoms with E-state index in [1.807, 2.05) is 24.3 Å². The number of nitrogens with zero attached hydrogens (tertiary/aromatic N) is 1. The van der Waals surface area contributed by atoms with Crippen molar-refractivity contribution in [2.24, 2.45) is 5.14 Å². The molecule has 0 fully saturated rings. The molecule has 0 saturated carbocycles. The summed E-state index contributed by atoms with van der Waals surface area (Å²) in [6, 6.07) is 13.0. The van der Waals surface area contributed by atoms with Gasteiger partial charge < -0.3 is 9.73 Å². The van der Waals surface area contributed by atoms with Crippen LogP contribution in [0.5, 0.6) is 0 Å². The Morgan fingerprint density at radius 3 is 2.52 bits per heavy atom. The molecule has 1 heterocycles. The molecule has 130 valence electrons. The SMILES string of the molecule is CC(Sc1nc2ccccc2o1)C(=O)Nc1ccc(S(N)(=O)=O)cc1. The molecule has 3 aromatic rings. The van der Waals surface area contributed by atoms with Crippen LogP contribution < -0.4 is 10.5 Å². The van der Waals surface area contributed by atoms with Crippen LogP contribution in [0.1, 0.15) is 6.92 Å². The van der Waals surface area contributed by atoms with Gasteiger partial charge in [-0.3, -0.25) is 4.79 Å². The number of nitrogens with one attached hydrogen (secondary N) is 1. The second-order valence-corrected chi connectivity index (χ2v) is 8.12. The number of benzene rings is 2. The zero-order valence-electron chi connectivity index (χ0n) is 13.2. The highest BCUT2D eigenvalue weighted by molar-refractivity contribution is 8.00. The molecule has 1 aromatic heterocycles. The second-order valence-electron chi connectivity index (χ2n) is 5.27. The monoisotopic (exact) mass is 377 g/mol. The third kappa shape index (κ3) is 4.19. The Morgan fingerprint density at radius 1 is 1.20 bits per heavy atom. The molecule has 1 atom stereocenters. The smallest absolute Gasteiger partial charge is 0.257 e. The number of para-hydroxylation sites is 2. The van der Waals surface area contributed by atoms with E-state index in [1.165, 1.54) is 36.0 Å². The van der Waals surface area contributed by atoms with Gasteiger partial charge in [-0.05, 0) is 43.3 Å². The van der Waals surface area contributed by atoms with E-state index in [0.29, 0.717) is 16.5 Å². The van der Waals surface area contributed by atoms with Crippen molar-refractivity contribution < 1.29 is 17.6 Å². The number of oxazole rings is 1. The van der Waals surface area contributed by atoms with E-state index in [-0.39, 0.29) is 10.8 Å². The van der Waals surface area contributed by atoms with Crippen LogP contribution in [0.2, 0.25) is 0 Å². The highest BCUT2D eigenvalue weighted by Gasteiger charge is 2.18. The summed E-state index contributed by atoms with van der Waals surface area (Å²) in [6.45, 7) is 1.73. The van der Waals surface area contributed by atoms with E-state index in [0.717, 1.165) is 5.52 Å². The average Bonchev–Trinajstić information content (AvgIpc) is 2.96. The molecule has 0 aliphatic rings. The van der Waals surface area contributed by atoms with Crippen molar-refractivity contribution in [2.75, 3.05) is 5.32 Å². The largest absolute Gasteiger partial charge is 0.431 e. The zero-order valence-corrected chi connectivity index (χ0v) is 14.8. The molecule has 2 aromatic carbocycles. The summed E-state index contributed by atoms with van der Waals surface area (Å²) in [6.07, 6.45) is 0. The number of hydrogen-bond acceptors (Lipinski definition) is 6. The van der Waals surface area contributed by atoms with Crippen molar-refractivity contribution in [3.8, 4) is 0 Å². The first-order valence-electron chi connectivity index (χ1n) is 7.29. The Hall–Kier alpha value is -2.36. The Balaban J connectivity index is 1.66. The highest BCUT2D eigenvalue weighted by atomic mass is 32.2. The lowest BCUT2D eigenvalue weighted by molar-refractivity contribution is -0.115. The van der Waals surface area contributed by atoms with Crippen LogP contribution in [0.25, 0.3) is 11.1 Å². The van der Waals surface area contributed by atoms with Gasteiger partial charge in [-0.1, -0.05) is 23.9 Å². The minimum atomic E-state index is -3.76. The fourth-order valence-electron chi connectivity index (χ4n) is 2.08. The van der Waals surface area contributed by atoms with Crippen LogP contribution in [0.3, 0.4) is 0 Å². The lowest BCUT2D eigenvalue weighted by Crippen LogP contribution is -2.22. The van der Waals surface area contributed by atoms with Crippen LogP contribution in [0.15, 0.2) is 63.1 Å². The predicted molar refractivity (Wildman–Crippen MR) is 95.8 cm³/mol. The highest BCUT2D eigenvalue weighted by Crippen LogP contribution is 2.27. The molecule has 0 radical (unpaired) electrons. The van der Waals surface area contributed by atoms with Gasteiger partial charge in [0.1, 0.15) is 5.52 Å². The second kappa shape index (κ2) is 6.87. The Kier molecular flexibility index (Phi) is 4.80. The number of fused-ring (bicyclic) bond motifs is 1. The van der Waals surface area contributed by atoms with E-state index in [1.54, 1.807) is 6.92 Å². The summed E-state index contributed by atoms with van der Waals surface area (Å²) in [7, 11) is -3.76. The number of amides is 1. The van der Waals surface area contributed by atoms with E-state index in [9.17, 15) is 13.2 Å². The summed E-state index contributed by atoms with van der Waals surface area (Å²) >= 11 is 1.20. The molecule has 0 aliphatic heterocycles. The number of sulfonamides is 1. The molecule has 0 spiro atoms. The third-order valence-corrected chi connectivity index (χ3v) is 5.24. The fourth-order valence-corrected chi connectivity index (χ4v) is 3.35. The van der Waals surface area contributed by atoms with E-state index in [2.05, 4.69) is 10.3 Å². The molecule has 1 amide bonds. The maximum absolute atomic E-state index is 12.3. The maximum Gasteiger partial charge on any atom is 0.257 e. The Bertz CT molecular complexity index is 980. The van der Waals surface area contributed by atoms with E-state index >= 15 is 0 Å². The molecule has 3 N–H and O–H groups in total. The number of nitrogens with two attached hydrogens (primary N) is 1. The molecule has 0 saturated heterocycles. The summed E-state index contributed by atoms with van der Waals surface area (Å²) in [5, 5.41) is 7.71. The molecule has 3 rings (SSSR count). The van der Waals surface area contributed by atoms with Crippen molar-refractivity contribution in [1.29, 1.82) is 0 Å². The molecule has 0 bridgehead atoms. The number of carbonyl (C=O) groups excluding carboxylic acids is 1. The lowest BCUT2D eigenvalue weighted by Gasteiger charge is -2.10. The first-order valence-corrected chi connectivity index (χ1v) is 9.71. The van der Waals surface area contributed by atoms with Gasteiger partial charge in [-0.2, -0.15) is 0 Å². The predicted octanol–water partition coefficient (Wildman–Crippen LogP) is 2.59. The van der Waals surface area contributed by atoms with E-state index < -0.39 is 15.3 Å². The fraction of sp³-hybridized carbons (Fsp3) is 0.125. The molecular weight excluding hydrogens is 362 g/mol. The van der Waals surface area contributed by atoms with Crippen LogP contribution in [0, 0.1) is 0 Å². The summed E-state index contributed by atoms with van der Waals surface area (Å²) in [5.74, 6) is -0.254. The molecule has 0 aliphatic carbocycles. The van der Waals surface area contributed by atoms with Crippen molar-refractivity contribution >= 4 is 44.5 Å².